The lowest BCUT2D eigenvalue weighted by atomic mass is 10.1. The number of fused-ring (bicyclic) bond motifs is 1. The third-order valence-corrected chi connectivity index (χ3v) is 2.92. The Morgan fingerprint density at radius 2 is 2.30 bits per heavy atom. The number of nitrogens with one attached hydrogen (secondary N) is 1. The molecule has 2 nitrogen and oxygen atoms in total. The highest BCUT2D eigenvalue weighted by Crippen LogP contribution is 2.24. The highest BCUT2D eigenvalue weighted by molar-refractivity contribution is 4.92. The van der Waals surface area contributed by atoms with Crippen molar-refractivity contribution in [3.8, 4) is 0 Å². The van der Waals surface area contributed by atoms with E-state index in [4.69, 9.17) is 0 Å². The van der Waals surface area contributed by atoms with Gasteiger partial charge in [-0.25, -0.2) is 0 Å². The highest BCUT2D eigenvalue weighted by atomic mass is 15.2. The van der Waals surface area contributed by atoms with Crippen molar-refractivity contribution in [1.82, 2.24) is 10.2 Å². The van der Waals surface area contributed by atoms with Crippen molar-refractivity contribution in [2.75, 3.05) is 20.1 Å². The van der Waals surface area contributed by atoms with Crippen LogP contribution in [0, 0.1) is 0 Å². The summed E-state index contributed by atoms with van der Waals surface area (Å²) in [7, 11) is 2.25. The largest absolute Gasteiger partial charge is 0.311 e. The lowest BCUT2D eigenvalue weighted by Crippen LogP contribution is -2.53. The predicted octanol–water partition coefficient (Wildman–Crippen LogP) is 0.442. The zero-order valence-corrected chi connectivity index (χ0v) is 6.64. The summed E-state index contributed by atoms with van der Waals surface area (Å²) in [5.74, 6) is 0. The molecule has 1 N–H and O–H groups in total. The second-order valence-electron chi connectivity index (χ2n) is 3.54. The molecule has 58 valence electrons. The molecule has 2 atom stereocenters. The minimum atomic E-state index is 0.818. The second-order valence-corrected chi connectivity index (χ2v) is 3.54. The summed E-state index contributed by atoms with van der Waals surface area (Å²) in [6, 6.07) is 1.67. The van der Waals surface area contributed by atoms with E-state index >= 15 is 0 Å². The standard InChI is InChI=1S/C8H16N2/c1-10-6-5-9-7-3-2-4-8(7)10/h7-9H,2-6H2,1H3/t7-,8-/m0/s1. The van der Waals surface area contributed by atoms with Crippen LogP contribution < -0.4 is 5.32 Å². The van der Waals surface area contributed by atoms with Gasteiger partial charge in [-0.3, -0.25) is 0 Å². The summed E-state index contributed by atoms with van der Waals surface area (Å²) in [6.45, 7) is 2.43. The first-order chi connectivity index (χ1) is 4.88. The number of piperazine rings is 1. The molecule has 0 aromatic carbocycles. The van der Waals surface area contributed by atoms with Gasteiger partial charge < -0.3 is 10.2 Å². The molecule has 10 heavy (non-hydrogen) atoms. The number of rotatable bonds is 0. The molecule has 0 bridgehead atoms. The zero-order valence-electron chi connectivity index (χ0n) is 6.64. The van der Waals surface area contributed by atoms with Gasteiger partial charge in [0, 0.05) is 25.2 Å². The molecule has 0 amide bonds. The minimum absolute atomic E-state index is 0.818. The van der Waals surface area contributed by atoms with Gasteiger partial charge in [0.15, 0.2) is 0 Å². The van der Waals surface area contributed by atoms with E-state index in [1.165, 1.54) is 32.4 Å². The molecular formula is C8H16N2. The van der Waals surface area contributed by atoms with E-state index in [2.05, 4.69) is 17.3 Å². The lowest BCUT2D eigenvalue weighted by Gasteiger charge is -2.35. The Kier molecular flexibility index (Phi) is 1.66. The average Bonchev–Trinajstić information content (AvgIpc) is 2.36. The molecule has 1 saturated heterocycles. The van der Waals surface area contributed by atoms with Crippen LogP contribution in [0.15, 0.2) is 0 Å². The SMILES string of the molecule is CN1CCN[C@H]2CCC[C@@H]21. The molecule has 2 heteroatoms. The first-order valence-electron chi connectivity index (χ1n) is 4.31. The monoisotopic (exact) mass is 140 g/mol. The molecule has 0 spiro atoms. The van der Waals surface area contributed by atoms with E-state index in [-0.39, 0.29) is 0 Å². The van der Waals surface area contributed by atoms with Crippen molar-refractivity contribution in [2.45, 2.75) is 31.3 Å². The first-order valence-corrected chi connectivity index (χ1v) is 4.31. The van der Waals surface area contributed by atoms with Gasteiger partial charge in [0.25, 0.3) is 0 Å². The van der Waals surface area contributed by atoms with Gasteiger partial charge in [-0.2, -0.15) is 0 Å². The van der Waals surface area contributed by atoms with Crippen molar-refractivity contribution in [3.05, 3.63) is 0 Å². The van der Waals surface area contributed by atoms with Crippen LogP contribution in [-0.2, 0) is 0 Å². The van der Waals surface area contributed by atoms with Crippen molar-refractivity contribution in [1.29, 1.82) is 0 Å². The number of hydrogen-bond donors (Lipinski definition) is 1. The van der Waals surface area contributed by atoms with E-state index in [9.17, 15) is 0 Å². The van der Waals surface area contributed by atoms with Gasteiger partial charge in [-0.1, -0.05) is 6.42 Å². The van der Waals surface area contributed by atoms with Crippen LogP contribution in [0.25, 0.3) is 0 Å². The third kappa shape index (κ3) is 0.956. The van der Waals surface area contributed by atoms with Crippen LogP contribution in [-0.4, -0.2) is 37.1 Å². The summed E-state index contributed by atoms with van der Waals surface area (Å²) in [6.07, 6.45) is 4.23. The van der Waals surface area contributed by atoms with Gasteiger partial charge in [0.1, 0.15) is 0 Å². The van der Waals surface area contributed by atoms with E-state index in [0.717, 1.165) is 12.1 Å². The molecule has 1 heterocycles. The normalized spacial score (nSPS) is 41.7. The predicted molar refractivity (Wildman–Crippen MR) is 42.1 cm³/mol. The molecule has 0 radical (unpaired) electrons. The lowest BCUT2D eigenvalue weighted by molar-refractivity contribution is 0.171. The minimum Gasteiger partial charge on any atom is -0.311 e. The molecule has 2 aliphatic rings. The number of likely N-dealkylation sites (N-methyl/N-ethyl adjacent to an activating group) is 1. The second kappa shape index (κ2) is 2.51. The van der Waals surface area contributed by atoms with E-state index < -0.39 is 0 Å². The maximum absolute atomic E-state index is 3.57. The number of nitrogens with zero attached hydrogens (tertiary/aromatic N) is 1. The van der Waals surface area contributed by atoms with Crippen molar-refractivity contribution in [3.63, 3.8) is 0 Å². The molecule has 2 fully saturated rings. The molecule has 1 aliphatic carbocycles. The van der Waals surface area contributed by atoms with Crippen molar-refractivity contribution >= 4 is 0 Å². The van der Waals surface area contributed by atoms with Crippen molar-refractivity contribution < 1.29 is 0 Å². The van der Waals surface area contributed by atoms with Crippen LogP contribution in [0.1, 0.15) is 19.3 Å². The Bertz CT molecular complexity index is 124. The Morgan fingerprint density at radius 1 is 1.40 bits per heavy atom. The Hall–Kier alpha value is -0.0800. The van der Waals surface area contributed by atoms with Crippen LogP contribution in [0.3, 0.4) is 0 Å². The molecule has 1 aliphatic heterocycles. The van der Waals surface area contributed by atoms with Gasteiger partial charge in [0.2, 0.25) is 0 Å². The van der Waals surface area contributed by atoms with Crippen LogP contribution >= 0.6 is 0 Å². The van der Waals surface area contributed by atoms with Gasteiger partial charge >= 0.3 is 0 Å². The van der Waals surface area contributed by atoms with E-state index in [1.807, 2.05) is 0 Å². The smallest absolute Gasteiger partial charge is 0.0246 e. The first kappa shape index (κ1) is 6.62. The molecule has 0 aromatic rings. The summed E-state index contributed by atoms with van der Waals surface area (Å²) in [5, 5.41) is 3.57. The Labute approximate surface area is 62.6 Å². The average molecular weight is 140 g/mol. The van der Waals surface area contributed by atoms with Crippen LogP contribution in [0.5, 0.6) is 0 Å². The fraction of sp³-hybridized carbons (Fsp3) is 1.00. The van der Waals surface area contributed by atoms with Gasteiger partial charge in [0.05, 0.1) is 0 Å². The number of hydrogen-bond acceptors (Lipinski definition) is 2. The van der Waals surface area contributed by atoms with Crippen LogP contribution in [0.2, 0.25) is 0 Å². The van der Waals surface area contributed by atoms with Gasteiger partial charge in [-0.15, -0.1) is 0 Å². The quantitative estimate of drug-likeness (QED) is 0.525. The van der Waals surface area contributed by atoms with Crippen molar-refractivity contribution in [2.24, 2.45) is 0 Å². The fourth-order valence-corrected chi connectivity index (χ4v) is 2.30. The topological polar surface area (TPSA) is 15.3 Å². The molecule has 1 saturated carbocycles. The van der Waals surface area contributed by atoms with E-state index in [1.54, 1.807) is 0 Å². The summed E-state index contributed by atoms with van der Waals surface area (Å²) in [4.78, 5) is 2.51. The molecule has 0 unspecified atom stereocenters. The maximum atomic E-state index is 3.57. The molecular weight excluding hydrogens is 124 g/mol. The summed E-state index contributed by atoms with van der Waals surface area (Å²) < 4.78 is 0. The Morgan fingerprint density at radius 3 is 3.10 bits per heavy atom. The Balaban J connectivity index is 2.03. The fourth-order valence-electron chi connectivity index (χ4n) is 2.30. The zero-order chi connectivity index (χ0) is 6.97. The third-order valence-electron chi connectivity index (χ3n) is 2.92. The molecule has 0 aromatic heterocycles. The highest BCUT2D eigenvalue weighted by Gasteiger charge is 2.32. The summed E-state index contributed by atoms with van der Waals surface area (Å²) in [5.41, 5.74) is 0. The maximum Gasteiger partial charge on any atom is 0.0246 e. The van der Waals surface area contributed by atoms with Gasteiger partial charge in [-0.05, 0) is 19.9 Å². The summed E-state index contributed by atoms with van der Waals surface area (Å²) >= 11 is 0. The van der Waals surface area contributed by atoms with E-state index in [0.29, 0.717) is 0 Å². The van der Waals surface area contributed by atoms with Crippen LogP contribution in [0.4, 0.5) is 0 Å². The molecule has 2 rings (SSSR count).